The standard InChI is InChI=1S/C14H14FN5O4S/c15-12-3-2-11(10-13(12)20(21)22)25(23,24)19-8-6-18(7-9-19)14-16-4-1-5-17-14/h1-5,10H,6-9H2. The van der Waals surface area contributed by atoms with E-state index in [0.29, 0.717) is 19.0 Å². The zero-order valence-electron chi connectivity index (χ0n) is 12.9. The molecule has 3 rings (SSSR count). The Bertz CT molecular complexity index is 885. The van der Waals surface area contributed by atoms with E-state index in [1.807, 2.05) is 4.90 Å². The van der Waals surface area contributed by atoms with E-state index in [4.69, 9.17) is 0 Å². The van der Waals surface area contributed by atoms with Crippen molar-refractivity contribution in [3.8, 4) is 0 Å². The first-order valence-corrected chi connectivity index (χ1v) is 8.79. The van der Waals surface area contributed by atoms with E-state index in [1.165, 1.54) is 4.31 Å². The van der Waals surface area contributed by atoms with Gasteiger partial charge in [-0.15, -0.1) is 0 Å². The van der Waals surface area contributed by atoms with Gasteiger partial charge in [0.1, 0.15) is 0 Å². The predicted octanol–water partition coefficient (Wildman–Crippen LogP) is 1.03. The summed E-state index contributed by atoms with van der Waals surface area (Å²) in [5.74, 6) is -0.563. The molecule has 0 radical (unpaired) electrons. The van der Waals surface area contributed by atoms with Gasteiger partial charge in [0.05, 0.1) is 9.82 Å². The lowest BCUT2D eigenvalue weighted by Crippen LogP contribution is -2.49. The van der Waals surface area contributed by atoms with E-state index in [-0.39, 0.29) is 18.0 Å². The van der Waals surface area contributed by atoms with Gasteiger partial charge in [0.2, 0.25) is 21.8 Å². The molecule has 0 saturated carbocycles. The van der Waals surface area contributed by atoms with Crippen LogP contribution < -0.4 is 4.90 Å². The lowest BCUT2D eigenvalue weighted by atomic mass is 10.3. The Hall–Kier alpha value is -2.66. The molecular weight excluding hydrogens is 353 g/mol. The maximum atomic E-state index is 13.4. The van der Waals surface area contributed by atoms with E-state index < -0.39 is 26.5 Å². The van der Waals surface area contributed by atoms with E-state index in [9.17, 15) is 22.9 Å². The van der Waals surface area contributed by atoms with Gasteiger partial charge in [-0.25, -0.2) is 18.4 Å². The van der Waals surface area contributed by atoms with Gasteiger partial charge < -0.3 is 4.90 Å². The first-order valence-electron chi connectivity index (χ1n) is 7.35. The summed E-state index contributed by atoms with van der Waals surface area (Å²) in [5.41, 5.74) is -0.864. The number of anilines is 1. The Labute approximate surface area is 142 Å². The molecule has 1 aliphatic rings. The van der Waals surface area contributed by atoms with Crippen LogP contribution in [-0.4, -0.2) is 53.8 Å². The molecular formula is C14H14FN5O4S. The van der Waals surface area contributed by atoms with Crippen molar-refractivity contribution in [1.82, 2.24) is 14.3 Å². The van der Waals surface area contributed by atoms with Crippen LogP contribution in [0.3, 0.4) is 0 Å². The molecule has 1 aliphatic heterocycles. The molecule has 2 aromatic rings. The third-order valence-electron chi connectivity index (χ3n) is 3.83. The summed E-state index contributed by atoms with van der Waals surface area (Å²) in [6.45, 7) is 1.11. The monoisotopic (exact) mass is 367 g/mol. The molecule has 0 aliphatic carbocycles. The van der Waals surface area contributed by atoms with Crippen LogP contribution >= 0.6 is 0 Å². The van der Waals surface area contributed by atoms with Crippen molar-refractivity contribution in [2.75, 3.05) is 31.1 Å². The predicted molar refractivity (Wildman–Crippen MR) is 86.1 cm³/mol. The van der Waals surface area contributed by atoms with Crippen molar-refractivity contribution in [2.45, 2.75) is 4.90 Å². The molecule has 0 amide bonds. The highest BCUT2D eigenvalue weighted by atomic mass is 32.2. The van der Waals surface area contributed by atoms with Crippen molar-refractivity contribution in [1.29, 1.82) is 0 Å². The maximum absolute atomic E-state index is 13.4. The maximum Gasteiger partial charge on any atom is 0.306 e. The summed E-state index contributed by atoms with van der Waals surface area (Å²) in [6.07, 6.45) is 3.20. The molecule has 9 nitrogen and oxygen atoms in total. The average molecular weight is 367 g/mol. The lowest BCUT2D eigenvalue weighted by Gasteiger charge is -2.33. The lowest BCUT2D eigenvalue weighted by molar-refractivity contribution is -0.387. The van der Waals surface area contributed by atoms with Crippen LogP contribution in [0.25, 0.3) is 0 Å². The largest absolute Gasteiger partial charge is 0.338 e. The minimum atomic E-state index is -3.95. The van der Waals surface area contributed by atoms with Crippen LogP contribution in [0.4, 0.5) is 16.0 Å². The minimum absolute atomic E-state index is 0.172. The fourth-order valence-electron chi connectivity index (χ4n) is 2.52. The summed E-state index contributed by atoms with van der Waals surface area (Å²) in [4.78, 5) is 19.7. The fraction of sp³-hybridized carbons (Fsp3) is 0.286. The van der Waals surface area contributed by atoms with Crippen molar-refractivity contribution < 1.29 is 17.7 Å². The molecule has 25 heavy (non-hydrogen) atoms. The summed E-state index contributed by atoms with van der Waals surface area (Å²) in [7, 11) is -3.95. The number of halogens is 1. The molecule has 1 aromatic heterocycles. The Kier molecular flexibility index (Phi) is 4.59. The van der Waals surface area contributed by atoms with Crippen LogP contribution in [0.1, 0.15) is 0 Å². The van der Waals surface area contributed by atoms with Crippen molar-refractivity contribution in [2.24, 2.45) is 0 Å². The minimum Gasteiger partial charge on any atom is -0.338 e. The second-order valence-electron chi connectivity index (χ2n) is 5.31. The number of hydrogen-bond donors (Lipinski definition) is 0. The Balaban J connectivity index is 1.78. The van der Waals surface area contributed by atoms with E-state index >= 15 is 0 Å². The molecule has 0 bridgehead atoms. The average Bonchev–Trinajstić information content (AvgIpc) is 2.62. The number of benzene rings is 1. The van der Waals surface area contributed by atoms with Gasteiger partial charge in [-0.05, 0) is 18.2 Å². The normalized spacial score (nSPS) is 16.0. The second kappa shape index (κ2) is 6.69. The number of rotatable bonds is 4. The summed E-state index contributed by atoms with van der Waals surface area (Å²) in [6, 6.07) is 4.26. The number of nitrogens with zero attached hydrogens (tertiary/aromatic N) is 5. The SMILES string of the molecule is O=[N+]([O-])c1cc(S(=O)(=O)N2CCN(c3ncccn3)CC2)ccc1F. The van der Waals surface area contributed by atoms with E-state index in [0.717, 1.165) is 18.2 Å². The van der Waals surface area contributed by atoms with Gasteiger partial charge in [-0.3, -0.25) is 10.1 Å². The number of hydrogen-bond acceptors (Lipinski definition) is 7. The zero-order chi connectivity index (χ0) is 18.0. The van der Waals surface area contributed by atoms with Crippen molar-refractivity contribution in [3.05, 3.63) is 52.6 Å². The first-order chi connectivity index (χ1) is 11.9. The number of aromatic nitrogens is 2. The smallest absolute Gasteiger partial charge is 0.306 e. The van der Waals surface area contributed by atoms with Crippen LogP contribution in [0.15, 0.2) is 41.6 Å². The van der Waals surface area contributed by atoms with Gasteiger partial charge in [0, 0.05) is 44.6 Å². The highest BCUT2D eigenvalue weighted by Crippen LogP contribution is 2.25. The van der Waals surface area contributed by atoms with Crippen molar-refractivity contribution in [3.63, 3.8) is 0 Å². The molecule has 11 heteroatoms. The quantitative estimate of drug-likeness (QED) is 0.586. The molecule has 0 spiro atoms. The number of sulfonamides is 1. The van der Waals surface area contributed by atoms with E-state index in [1.54, 1.807) is 18.5 Å². The van der Waals surface area contributed by atoms with E-state index in [2.05, 4.69) is 9.97 Å². The van der Waals surface area contributed by atoms with Crippen LogP contribution in [0.2, 0.25) is 0 Å². The molecule has 1 aromatic carbocycles. The molecule has 0 unspecified atom stereocenters. The topological polar surface area (TPSA) is 110 Å². The molecule has 1 fully saturated rings. The number of piperazine rings is 1. The Morgan fingerprint density at radius 1 is 1.12 bits per heavy atom. The van der Waals surface area contributed by atoms with Crippen LogP contribution in [-0.2, 0) is 10.0 Å². The fourth-order valence-corrected chi connectivity index (χ4v) is 3.97. The van der Waals surface area contributed by atoms with Gasteiger partial charge in [-0.1, -0.05) is 0 Å². The van der Waals surface area contributed by atoms with Crippen LogP contribution in [0, 0.1) is 15.9 Å². The molecule has 2 heterocycles. The molecule has 0 N–H and O–H groups in total. The highest BCUT2D eigenvalue weighted by Gasteiger charge is 2.31. The Morgan fingerprint density at radius 3 is 2.36 bits per heavy atom. The van der Waals surface area contributed by atoms with Gasteiger partial charge >= 0.3 is 5.69 Å². The van der Waals surface area contributed by atoms with Crippen molar-refractivity contribution >= 4 is 21.7 Å². The van der Waals surface area contributed by atoms with Gasteiger partial charge in [-0.2, -0.15) is 8.70 Å². The summed E-state index contributed by atoms with van der Waals surface area (Å²) in [5, 5.41) is 10.8. The second-order valence-corrected chi connectivity index (χ2v) is 7.25. The highest BCUT2D eigenvalue weighted by molar-refractivity contribution is 7.89. The molecule has 1 saturated heterocycles. The molecule has 0 atom stereocenters. The number of nitro benzene ring substituents is 1. The molecule has 132 valence electrons. The summed E-state index contributed by atoms with van der Waals surface area (Å²) >= 11 is 0. The van der Waals surface area contributed by atoms with Gasteiger partial charge in [0.25, 0.3) is 0 Å². The third-order valence-corrected chi connectivity index (χ3v) is 5.72. The third kappa shape index (κ3) is 3.42. The summed E-state index contributed by atoms with van der Waals surface area (Å²) < 4.78 is 39.9. The Morgan fingerprint density at radius 2 is 1.76 bits per heavy atom. The van der Waals surface area contributed by atoms with Crippen LogP contribution in [0.5, 0.6) is 0 Å². The number of nitro groups is 1. The zero-order valence-corrected chi connectivity index (χ0v) is 13.8. The van der Waals surface area contributed by atoms with Gasteiger partial charge in [0.15, 0.2) is 0 Å². The first kappa shape index (κ1) is 17.2.